The summed E-state index contributed by atoms with van der Waals surface area (Å²) >= 11 is 0. The summed E-state index contributed by atoms with van der Waals surface area (Å²) in [6.45, 7) is 19.6. The first-order valence-corrected chi connectivity index (χ1v) is 24.5. The molecule has 2 unspecified atom stereocenters. The Labute approximate surface area is 370 Å². The number of methoxy groups -OCH3 is 1. The van der Waals surface area contributed by atoms with Crippen LogP contribution in [0.3, 0.4) is 0 Å². The molecule has 0 saturated heterocycles. The SMILES string of the molecule is COC(=O)[C@]12CC[C@@](C)(C[C@@H]3CC(=O)[C@@]45C(O)C(O)[C@@H]6C(C)(C)CC[C@H](O)[C@@]6(CO)[C@@H]4CC[C@@H]3[C@@H]5O)C(C)=C1C1=CC[C@@H]3[C@@]4(C)C[C@@H](O)[C@H](O)C(C)(C)[C@@H]4CC[C@@]3(C)[C@]1(C)CC2. The summed E-state index contributed by atoms with van der Waals surface area (Å²) in [5.41, 5.74) is -2.12. The standard InChI is InChI=1S/C52H80O10/c1-27-37-30-12-14-33-47(7)25-31(54)41(59)45(4,5)32(47)15-18-49(33,9)48(30,8)20-22-50(37,43(61)62-10)21-19-46(27,6)24-28-23-36(56)52-34(13-11-29(28)40(52)58)51(26-53)35(55)16-17-44(2,3)39(51)38(57)42(52)60/h12,28-29,31-35,38-42,53-55,57-60H,11,13-26H2,1-10H3/t28-,29-,31+,32-,33+,34-,35-,38?,39+,40-,41-,42?,46-,47-,48+,49+,50-,51+,52-/m0/s1. The highest BCUT2D eigenvalue weighted by molar-refractivity contribution is 5.89. The number of fused-ring (bicyclic) bond motifs is 10. The number of carbonyl (C=O) groups is 2. The van der Waals surface area contributed by atoms with Crippen molar-refractivity contribution < 1.29 is 50.1 Å². The average Bonchev–Trinajstić information content (AvgIpc) is 3.20. The molecule has 9 aliphatic carbocycles. The Balaban J connectivity index is 1.09. The zero-order chi connectivity index (χ0) is 45.3. The average molecular weight is 865 g/mol. The van der Waals surface area contributed by atoms with Gasteiger partial charge in [0, 0.05) is 17.8 Å². The fraction of sp³-hybridized carbons (Fsp3) is 0.885. The van der Waals surface area contributed by atoms with Crippen LogP contribution in [0.5, 0.6) is 0 Å². The van der Waals surface area contributed by atoms with E-state index in [0.29, 0.717) is 51.4 Å². The number of rotatable bonds is 4. The molecule has 2 bridgehead atoms. The third-order valence-electron chi connectivity index (χ3n) is 22.8. The van der Waals surface area contributed by atoms with E-state index in [0.717, 1.165) is 43.3 Å². The molecule has 19 atom stereocenters. The van der Waals surface area contributed by atoms with Crippen LogP contribution in [-0.4, -0.2) is 97.8 Å². The van der Waals surface area contributed by atoms with Gasteiger partial charge in [-0.05, 0) is 164 Å². The van der Waals surface area contributed by atoms with Crippen molar-refractivity contribution in [3.8, 4) is 0 Å². The topological polar surface area (TPSA) is 185 Å². The number of esters is 1. The third kappa shape index (κ3) is 5.18. The fourth-order valence-corrected chi connectivity index (χ4v) is 19.5. The van der Waals surface area contributed by atoms with Gasteiger partial charge in [-0.2, -0.15) is 0 Å². The maximum absolute atomic E-state index is 15.1. The summed E-state index contributed by atoms with van der Waals surface area (Å²) in [6.07, 6.45) is 4.77. The van der Waals surface area contributed by atoms with Crippen molar-refractivity contribution >= 4 is 11.8 Å². The molecular formula is C52H80O10. The van der Waals surface area contributed by atoms with Crippen molar-refractivity contribution in [2.45, 2.75) is 189 Å². The van der Waals surface area contributed by atoms with Crippen LogP contribution in [0, 0.1) is 84.2 Å². The molecule has 7 saturated carbocycles. The van der Waals surface area contributed by atoms with E-state index in [4.69, 9.17) is 4.74 Å². The highest BCUT2D eigenvalue weighted by atomic mass is 16.5. The highest BCUT2D eigenvalue weighted by Gasteiger charge is 2.78. The van der Waals surface area contributed by atoms with Crippen molar-refractivity contribution in [2.24, 2.45) is 84.2 Å². The van der Waals surface area contributed by atoms with Crippen LogP contribution in [0.2, 0.25) is 0 Å². The lowest BCUT2D eigenvalue weighted by atomic mass is 9.33. The van der Waals surface area contributed by atoms with Gasteiger partial charge in [0.05, 0.1) is 61.2 Å². The monoisotopic (exact) mass is 865 g/mol. The molecule has 0 aromatic rings. The zero-order valence-electron chi connectivity index (χ0n) is 39.5. The second-order valence-electron chi connectivity index (χ2n) is 25.4. The molecular weight excluding hydrogens is 785 g/mol. The normalized spacial score (nSPS) is 55.0. The van der Waals surface area contributed by atoms with E-state index in [1.54, 1.807) is 0 Å². The molecule has 1 spiro atoms. The molecule has 9 rings (SSSR count). The lowest BCUT2D eigenvalue weighted by Crippen LogP contribution is -2.79. The van der Waals surface area contributed by atoms with E-state index in [-0.39, 0.29) is 58.1 Å². The van der Waals surface area contributed by atoms with Crippen molar-refractivity contribution in [1.29, 1.82) is 0 Å². The molecule has 0 aliphatic heterocycles. The molecule has 348 valence electrons. The lowest BCUT2D eigenvalue weighted by molar-refractivity contribution is -0.316. The smallest absolute Gasteiger partial charge is 0.316 e. The largest absolute Gasteiger partial charge is 0.468 e. The number of allylic oxidation sites excluding steroid dienone is 3. The Kier molecular flexibility index (Phi) is 10.2. The van der Waals surface area contributed by atoms with Crippen LogP contribution in [0.4, 0.5) is 0 Å². The first-order valence-electron chi connectivity index (χ1n) is 24.5. The molecule has 10 nitrogen and oxygen atoms in total. The van der Waals surface area contributed by atoms with Crippen molar-refractivity contribution in [1.82, 2.24) is 0 Å². The van der Waals surface area contributed by atoms with Crippen LogP contribution in [0.15, 0.2) is 22.8 Å². The zero-order valence-corrected chi connectivity index (χ0v) is 39.5. The lowest BCUT2D eigenvalue weighted by Gasteiger charge is -2.71. The van der Waals surface area contributed by atoms with Gasteiger partial charge in [-0.15, -0.1) is 0 Å². The summed E-state index contributed by atoms with van der Waals surface area (Å²) < 4.78 is 5.71. The van der Waals surface area contributed by atoms with E-state index in [1.807, 2.05) is 13.8 Å². The van der Waals surface area contributed by atoms with E-state index in [2.05, 4.69) is 54.5 Å². The van der Waals surface area contributed by atoms with E-state index < -0.39 is 87.6 Å². The van der Waals surface area contributed by atoms with Gasteiger partial charge in [-0.3, -0.25) is 9.59 Å². The predicted molar refractivity (Wildman–Crippen MR) is 234 cm³/mol. The Morgan fingerprint density at radius 2 is 1.47 bits per heavy atom. The number of carbonyl (C=O) groups excluding carboxylic acids is 2. The highest BCUT2D eigenvalue weighted by Crippen LogP contribution is 2.77. The molecule has 7 N–H and O–H groups in total. The summed E-state index contributed by atoms with van der Waals surface area (Å²) in [5.74, 6) is -1.79. The van der Waals surface area contributed by atoms with Crippen LogP contribution in [-0.2, 0) is 14.3 Å². The maximum Gasteiger partial charge on any atom is 0.316 e. The second-order valence-corrected chi connectivity index (χ2v) is 25.4. The van der Waals surface area contributed by atoms with Crippen molar-refractivity contribution in [3.05, 3.63) is 22.8 Å². The van der Waals surface area contributed by atoms with Crippen molar-refractivity contribution in [3.63, 3.8) is 0 Å². The van der Waals surface area contributed by atoms with Gasteiger partial charge in [0.25, 0.3) is 0 Å². The van der Waals surface area contributed by atoms with Gasteiger partial charge in [-0.25, -0.2) is 0 Å². The summed E-state index contributed by atoms with van der Waals surface area (Å²) in [5, 5.41) is 82.5. The minimum absolute atomic E-state index is 0.130. The Hall–Kier alpha value is -1.66. The van der Waals surface area contributed by atoms with Gasteiger partial charge in [0.15, 0.2) is 0 Å². The molecule has 0 radical (unpaired) electrons. The predicted octanol–water partition coefficient (Wildman–Crippen LogP) is 6.45. The summed E-state index contributed by atoms with van der Waals surface area (Å²) in [4.78, 5) is 29.4. The molecule has 0 aromatic heterocycles. The summed E-state index contributed by atoms with van der Waals surface area (Å²) in [6, 6.07) is 0. The number of aliphatic hydroxyl groups is 7. The molecule has 9 aliphatic rings. The van der Waals surface area contributed by atoms with Gasteiger partial charge in [0.2, 0.25) is 0 Å². The van der Waals surface area contributed by atoms with Crippen LogP contribution in [0.1, 0.15) is 152 Å². The molecule has 0 heterocycles. The van der Waals surface area contributed by atoms with Gasteiger partial charge >= 0.3 is 5.97 Å². The fourth-order valence-electron chi connectivity index (χ4n) is 19.5. The second kappa shape index (κ2) is 13.9. The Morgan fingerprint density at radius 3 is 2.13 bits per heavy atom. The van der Waals surface area contributed by atoms with Crippen LogP contribution >= 0.6 is 0 Å². The molecule has 7 fully saturated rings. The first kappa shape index (κ1) is 45.5. The van der Waals surface area contributed by atoms with E-state index >= 15 is 4.79 Å². The van der Waals surface area contributed by atoms with Crippen LogP contribution < -0.4 is 0 Å². The van der Waals surface area contributed by atoms with Gasteiger partial charge < -0.3 is 40.5 Å². The maximum atomic E-state index is 15.1. The van der Waals surface area contributed by atoms with Crippen molar-refractivity contribution in [2.75, 3.05) is 13.7 Å². The minimum atomic E-state index is -1.69. The minimum Gasteiger partial charge on any atom is -0.468 e. The molecule has 62 heavy (non-hydrogen) atoms. The number of Topliss-reactive ketones (excluding diaryl/α,β-unsaturated/α-hetero) is 1. The Bertz CT molecular complexity index is 1950. The van der Waals surface area contributed by atoms with Gasteiger partial charge in [-0.1, -0.05) is 67.0 Å². The number of hydrogen-bond donors (Lipinski definition) is 7. The Morgan fingerprint density at radius 1 is 0.790 bits per heavy atom. The molecule has 10 heteroatoms. The van der Waals surface area contributed by atoms with Gasteiger partial charge in [0.1, 0.15) is 5.78 Å². The number of hydrogen-bond acceptors (Lipinski definition) is 10. The van der Waals surface area contributed by atoms with E-state index in [1.165, 1.54) is 12.7 Å². The number of ketones is 1. The number of aliphatic hydroxyl groups excluding tert-OH is 7. The molecule has 0 amide bonds. The summed E-state index contributed by atoms with van der Waals surface area (Å²) in [7, 11) is 1.50. The number of ether oxygens (including phenoxy) is 1. The third-order valence-corrected chi connectivity index (χ3v) is 22.8. The van der Waals surface area contributed by atoms with Crippen LogP contribution in [0.25, 0.3) is 0 Å². The molecule has 0 aromatic carbocycles. The van der Waals surface area contributed by atoms with E-state index in [9.17, 15) is 40.5 Å². The quantitative estimate of drug-likeness (QED) is 0.155. The first-order chi connectivity index (χ1) is 28.8.